The van der Waals surface area contributed by atoms with Crippen molar-refractivity contribution in [3.05, 3.63) is 46.6 Å². The second-order valence-electron chi connectivity index (χ2n) is 8.51. The van der Waals surface area contributed by atoms with Gasteiger partial charge >= 0.3 is 0 Å². The number of ketones is 1. The Labute approximate surface area is 184 Å². The lowest BCUT2D eigenvalue weighted by Gasteiger charge is -2.19. The molecule has 0 saturated heterocycles. The van der Waals surface area contributed by atoms with Gasteiger partial charge in [0.15, 0.2) is 5.78 Å². The molecular formula is C24H35ClO5. The maximum atomic E-state index is 11.1. The molecule has 0 aromatic rings. The second kappa shape index (κ2) is 12.6. The summed E-state index contributed by atoms with van der Waals surface area (Å²) in [4.78, 5) is 11.1. The molecule has 0 aromatic carbocycles. The molecule has 0 spiro atoms. The number of carbonyl (C=O) groups is 1. The third-order valence-corrected chi connectivity index (χ3v) is 6.47. The van der Waals surface area contributed by atoms with Crippen molar-refractivity contribution in [2.75, 3.05) is 6.61 Å². The van der Waals surface area contributed by atoms with Crippen LogP contribution in [0.1, 0.15) is 58.3 Å². The molecule has 0 amide bonds. The molecule has 0 radical (unpaired) electrons. The number of aliphatic hydroxyl groups excluding tert-OH is 4. The number of allylic oxidation sites excluding steroid dienone is 6. The molecule has 6 heteroatoms. The number of carbonyl (C=O) groups excluding carboxylic acids is 1. The van der Waals surface area contributed by atoms with Gasteiger partial charge in [-0.2, -0.15) is 0 Å². The Morgan fingerprint density at radius 1 is 1.30 bits per heavy atom. The van der Waals surface area contributed by atoms with Crippen LogP contribution in [0.15, 0.2) is 46.6 Å². The summed E-state index contributed by atoms with van der Waals surface area (Å²) in [5, 5.41) is 40.5. The van der Waals surface area contributed by atoms with Crippen LogP contribution in [0.2, 0.25) is 0 Å². The van der Waals surface area contributed by atoms with Crippen molar-refractivity contribution < 1.29 is 25.2 Å². The maximum Gasteiger partial charge on any atom is 0.158 e. The quantitative estimate of drug-likeness (QED) is 0.276. The Morgan fingerprint density at radius 3 is 2.73 bits per heavy atom. The minimum atomic E-state index is -0.618. The standard InChI is InChI=1S/C24H35ClO5/c1-16-12-17(13-22(16)25)8-9-18(27)10-11-21-20(23(29)14-24(21)30)7-5-3-2-4-6-19(28)15-26/h3,5,10-11,13,18,20-21,23-24,26-27,29-30H,2,4,6-9,12,14-15H2,1H3/t18-,20+,21+,23-,24+/m0/s1. The lowest BCUT2D eigenvalue weighted by atomic mass is 9.89. The molecule has 2 aliphatic carbocycles. The second-order valence-corrected chi connectivity index (χ2v) is 8.91. The Morgan fingerprint density at radius 2 is 2.07 bits per heavy atom. The van der Waals surface area contributed by atoms with E-state index in [1.165, 1.54) is 5.57 Å². The number of rotatable bonds is 12. The van der Waals surface area contributed by atoms with Crippen LogP contribution in [0.3, 0.4) is 0 Å². The fourth-order valence-corrected chi connectivity index (χ4v) is 4.42. The molecular weight excluding hydrogens is 404 g/mol. The Bertz CT molecular complexity index is 694. The average Bonchev–Trinajstić information content (AvgIpc) is 3.17. The van der Waals surface area contributed by atoms with Gasteiger partial charge in [0.05, 0.1) is 18.3 Å². The van der Waals surface area contributed by atoms with Gasteiger partial charge in [-0.1, -0.05) is 47.1 Å². The van der Waals surface area contributed by atoms with Gasteiger partial charge in [-0.05, 0) is 57.4 Å². The normalized spacial score (nSPS) is 28.1. The van der Waals surface area contributed by atoms with Crippen molar-refractivity contribution in [1.82, 2.24) is 0 Å². The fourth-order valence-electron chi connectivity index (χ4n) is 4.20. The predicted molar refractivity (Wildman–Crippen MR) is 119 cm³/mol. The highest BCUT2D eigenvalue weighted by Gasteiger charge is 2.39. The highest BCUT2D eigenvalue weighted by atomic mass is 35.5. The van der Waals surface area contributed by atoms with E-state index in [0.717, 1.165) is 29.9 Å². The summed E-state index contributed by atoms with van der Waals surface area (Å²) in [6, 6.07) is 0. The first-order chi connectivity index (χ1) is 14.3. The lowest BCUT2D eigenvalue weighted by Crippen LogP contribution is -2.20. The summed E-state index contributed by atoms with van der Waals surface area (Å²) in [5.41, 5.74) is 2.39. The molecule has 1 saturated carbocycles. The third kappa shape index (κ3) is 7.78. The van der Waals surface area contributed by atoms with E-state index in [1.54, 1.807) is 6.08 Å². The Hall–Kier alpha value is -1.24. The third-order valence-electron chi connectivity index (χ3n) is 6.04. The number of hydrogen-bond acceptors (Lipinski definition) is 5. The van der Waals surface area contributed by atoms with Crippen LogP contribution in [-0.4, -0.2) is 51.1 Å². The van der Waals surface area contributed by atoms with Gasteiger partial charge < -0.3 is 20.4 Å². The van der Waals surface area contributed by atoms with Gasteiger partial charge in [-0.15, -0.1) is 0 Å². The molecule has 4 N–H and O–H groups in total. The van der Waals surface area contributed by atoms with Gasteiger partial charge in [-0.3, -0.25) is 4.79 Å². The molecule has 0 unspecified atom stereocenters. The number of halogens is 1. The molecule has 1 fully saturated rings. The van der Waals surface area contributed by atoms with E-state index in [9.17, 15) is 20.1 Å². The van der Waals surface area contributed by atoms with Gasteiger partial charge in [0.25, 0.3) is 0 Å². The molecule has 0 aromatic heterocycles. The van der Waals surface area contributed by atoms with Crippen LogP contribution in [0.5, 0.6) is 0 Å². The van der Waals surface area contributed by atoms with E-state index in [2.05, 4.69) is 0 Å². The van der Waals surface area contributed by atoms with Gasteiger partial charge in [0.1, 0.15) is 6.61 Å². The van der Waals surface area contributed by atoms with Gasteiger partial charge in [0.2, 0.25) is 0 Å². The van der Waals surface area contributed by atoms with Gasteiger partial charge in [-0.25, -0.2) is 0 Å². The number of unbranched alkanes of at least 4 members (excludes halogenated alkanes) is 1. The van der Waals surface area contributed by atoms with Crippen molar-refractivity contribution in [3.8, 4) is 0 Å². The predicted octanol–water partition coefficient (Wildman–Crippen LogP) is 3.56. The summed E-state index contributed by atoms with van der Waals surface area (Å²) in [6.07, 6.45) is 12.8. The minimum absolute atomic E-state index is 0.0954. The number of aliphatic hydroxyl groups is 4. The largest absolute Gasteiger partial charge is 0.393 e. The molecule has 2 aliphatic rings. The van der Waals surface area contributed by atoms with Crippen molar-refractivity contribution >= 4 is 17.4 Å². The molecule has 5 atom stereocenters. The highest BCUT2D eigenvalue weighted by molar-refractivity contribution is 6.32. The van der Waals surface area contributed by atoms with E-state index >= 15 is 0 Å². The van der Waals surface area contributed by atoms with E-state index in [-0.39, 0.29) is 17.6 Å². The zero-order chi connectivity index (χ0) is 22.1. The Kier molecular flexibility index (Phi) is 10.5. The van der Waals surface area contributed by atoms with Crippen molar-refractivity contribution in [3.63, 3.8) is 0 Å². The molecule has 30 heavy (non-hydrogen) atoms. The number of Topliss-reactive ketones (excluding diaryl/α,β-unsaturated/α-hetero) is 1. The zero-order valence-corrected chi connectivity index (χ0v) is 18.5. The average molecular weight is 439 g/mol. The topological polar surface area (TPSA) is 98.0 Å². The molecule has 0 heterocycles. The van der Waals surface area contributed by atoms with Crippen molar-refractivity contribution in [2.45, 2.75) is 76.6 Å². The van der Waals surface area contributed by atoms with Crippen LogP contribution in [0.25, 0.3) is 0 Å². The summed E-state index contributed by atoms with van der Waals surface area (Å²) in [7, 11) is 0. The van der Waals surface area contributed by atoms with Crippen LogP contribution < -0.4 is 0 Å². The van der Waals surface area contributed by atoms with E-state index in [0.29, 0.717) is 32.1 Å². The Balaban J connectivity index is 1.79. The summed E-state index contributed by atoms with van der Waals surface area (Å²) in [5.74, 6) is -0.443. The summed E-state index contributed by atoms with van der Waals surface area (Å²) < 4.78 is 0. The van der Waals surface area contributed by atoms with Crippen LogP contribution >= 0.6 is 11.6 Å². The first-order valence-corrected chi connectivity index (χ1v) is 11.2. The van der Waals surface area contributed by atoms with E-state index in [4.69, 9.17) is 16.7 Å². The molecule has 0 bridgehead atoms. The van der Waals surface area contributed by atoms with Crippen LogP contribution in [0.4, 0.5) is 0 Å². The first kappa shape index (κ1) is 25.0. The summed E-state index contributed by atoms with van der Waals surface area (Å²) >= 11 is 6.10. The lowest BCUT2D eigenvalue weighted by molar-refractivity contribution is -0.121. The molecule has 0 aliphatic heterocycles. The zero-order valence-electron chi connectivity index (χ0n) is 17.7. The minimum Gasteiger partial charge on any atom is -0.393 e. The van der Waals surface area contributed by atoms with Crippen molar-refractivity contribution in [2.24, 2.45) is 11.8 Å². The van der Waals surface area contributed by atoms with Crippen molar-refractivity contribution in [1.29, 1.82) is 0 Å². The SMILES string of the molecule is CC1=C(Cl)C=C(CC[C@H](O)C=C[C@@H]2[C@@H](CC=CCCCC(=O)CO)[C@@H](O)C[C@H]2O)C1. The number of hydrogen-bond donors (Lipinski definition) is 4. The monoisotopic (exact) mass is 438 g/mol. The van der Waals surface area contributed by atoms with Crippen LogP contribution in [-0.2, 0) is 4.79 Å². The fraction of sp³-hybridized carbons (Fsp3) is 0.625. The smallest absolute Gasteiger partial charge is 0.158 e. The molecule has 168 valence electrons. The molecule has 2 rings (SSSR count). The van der Waals surface area contributed by atoms with Gasteiger partial charge in [0, 0.05) is 23.8 Å². The first-order valence-electron chi connectivity index (χ1n) is 10.9. The highest BCUT2D eigenvalue weighted by Crippen LogP contribution is 2.36. The van der Waals surface area contributed by atoms with Crippen LogP contribution in [0, 0.1) is 11.8 Å². The maximum absolute atomic E-state index is 11.1. The molecule has 5 nitrogen and oxygen atoms in total. The van der Waals surface area contributed by atoms with E-state index in [1.807, 2.05) is 31.2 Å². The van der Waals surface area contributed by atoms with E-state index < -0.39 is 24.9 Å². The summed E-state index contributed by atoms with van der Waals surface area (Å²) in [6.45, 7) is 1.61.